The van der Waals surface area contributed by atoms with Gasteiger partial charge in [0.25, 0.3) is 0 Å². The van der Waals surface area contributed by atoms with Crippen LogP contribution >= 0.6 is 0 Å². The van der Waals surface area contributed by atoms with Crippen molar-refractivity contribution in [3.8, 4) is 11.5 Å². The zero-order valence-electron chi connectivity index (χ0n) is 18.5. The van der Waals surface area contributed by atoms with Crippen LogP contribution in [-0.2, 0) is 23.7 Å². The summed E-state index contributed by atoms with van der Waals surface area (Å²) in [4.78, 5) is 20.7. The van der Waals surface area contributed by atoms with E-state index in [4.69, 9.17) is 38.3 Å². The molecule has 14 nitrogen and oxygen atoms in total. The molecule has 0 spiro atoms. The fraction of sp³-hybridized carbons (Fsp3) is 0.684. The quantitative estimate of drug-likeness (QED) is 0.151. The highest BCUT2D eigenvalue weighted by molar-refractivity contribution is 5.62. The van der Waals surface area contributed by atoms with E-state index >= 15 is 0 Å². The molecule has 0 fully saturated rings. The minimum Gasteiger partial charge on any atom is -0.487 e. The number of benzene rings is 1. The van der Waals surface area contributed by atoms with Crippen LogP contribution in [-0.4, -0.2) is 101 Å². The van der Waals surface area contributed by atoms with Gasteiger partial charge in [0.15, 0.2) is 11.5 Å². The van der Waals surface area contributed by atoms with Crippen LogP contribution in [0.5, 0.6) is 11.5 Å². The van der Waals surface area contributed by atoms with E-state index < -0.39 is 21.2 Å². The van der Waals surface area contributed by atoms with Crippen molar-refractivity contribution < 1.29 is 48.1 Å². The molecule has 14 heteroatoms. The van der Waals surface area contributed by atoms with Gasteiger partial charge in [-0.15, -0.1) is 0 Å². The molecule has 0 bridgehead atoms. The van der Waals surface area contributed by atoms with Crippen molar-refractivity contribution in [2.45, 2.75) is 0 Å². The molecule has 1 N–H and O–H groups in total. The standard InChI is InChI=1S/C19H30N2O12/c1-27-4-5-29-8-9-31-11-13-33-19-15-17(21(25)26)16(20(23)24)14-18(19)32-12-10-30-7-6-28-3-2-22/h14-15,22H,2-13H2,1H3. The van der Waals surface area contributed by atoms with E-state index in [1.807, 2.05) is 0 Å². The Morgan fingerprint density at radius 2 is 1.03 bits per heavy atom. The van der Waals surface area contributed by atoms with Gasteiger partial charge in [-0.2, -0.15) is 0 Å². The second-order valence-electron chi connectivity index (χ2n) is 6.16. The van der Waals surface area contributed by atoms with Gasteiger partial charge in [-0.25, -0.2) is 0 Å². The van der Waals surface area contributed by atoms with Crippen LogP contribution < -0.4 is 9.47 Å². The molecule has 0 aliphatic heterocycles. The summed E-state index contributed by atoms with van der Waals surface area (Å²) in [6.45, 7) is 2.62. The second-order valence-corrected chi connectivity index (χ2v) is 6.16. The van der Waals surface area contributed by atoms with E-state index in [9.17, 15) is 20.2 Å². The molecular formula is C19H30N2O12. The summed E-state index contributed by atoms with van der Waals surface area (Å²) in [6.07, 6.45) is 0. The van der Waals surface area contributed by atoms with Crippen LogP contribution in [0.2, 0.25) is 0 Å². The first-order valence-electron chi connectivity index (χ1n) is 10.1. The molecule has 0 aliphatic rings. The molecule has 0 saturated heterocycles. The van der Waals surface area contributed by atoms with Gasteiger partial charge < -0.3 is 38.3 Å². The number of aliphatic hydroxyl groups is 1. The van der Waals surface area contributed by atoms with Crippen molar-refractivity contribution in [3.63, 3.8) is 0 Å². The van der Waals surface area contributed by atoms with E-state index in [1.165, 1.54) is 0 Å². The van der Waals surface area contributed by atoms with Gasteiger partial charge in [-0.1, -0.05) is 0 Å². The van der Waals surface area contributed by atoms with Gasteiger partial charge in [0.1, 0.15) is 13.2 Å². The summed E-state index contributed by atoms with van der Waals surface area (Å²) >= 11 is 0. The number of nitro benzene ring substituents is 2. The zero-order chi connectivity index (χ0) is 24.3. The van der Waals surface area contributed by atoms with Crippen molar-refractivity contribution in [2.24, 2.45) is 0 Å². The fourth-order valence-electron chi connectivity index (χ4n) is 2.33. The number of aliphatic hydroxyl groups excluding tert-OH is 1. The lowest BCUT2D eigenvalue weighted by molar-refractivity contribution is -0.422. The Hall–Kier alpha value is -2.62. The van der Waals surface area contributed by atoms with Crippen LogP contribution in [0.1, 0.15) is 0 Å². The van der Waals surface area contributed by atoms with E-state index in [-0.39, 0.29) is 64.4 Å². The number of nitrogens with zero attached hydrogens (tertiary/aromatic N) is 2. The van der Waals surface area contributed by atoms with Crippen molar-refractivity contribution >= 4 is 11.4 Å². The van der Waals surface area contributed by atoms with Gasteiger partial charge >= 0.3 is 11.4 Å². The van der Waals surface area contributed by atoms with Gasteiger partial charge in [0.05, 0.1) is 88.0 Å². The van der Waals surface area contributed by atoms with Gasteiger partial charge in [0.2, 0.25) is 0 Å². The van der Waals surface area contributed by atoms with E-state index in [0.717, 1.165) is 12.1 Å². The van der Waals surface area contributed by atoms with Gasteiger partial charge in [0, 0.05) is 7.11 Å². The average molecular weight is 478 g/mol. The third-order valence-electron chi connectivity index (χ3n) is 3.82. The molecule has 1 rings (SSSR count). The Labute approximate surface area is 190 Å². The lowest BCUT2D eigenvalue weighted by Crippen LogP contribution is -2.14. The highest BCUT2D eigenvalue weighted by Gasteiger charge is 2.28. The molecule has 0 amide bonds. The van der Waals surface area contributed by atoms with Crippen LogP contribution in [0.3, 0.4) is 0 Å². The lowest BCUT2D eigenvalue weighted by atomic mass is 10.2. The summed E-state index contributed by atoms with van der Waals surface area (Å²) in [5, 5.41) is 31.1. The molecule has 33 heavy (non-hydrogen) atoms. The molecule has 188 valence electrons. The Bertz CT molecular complexity index is 704. The highest BCUT2D eigenvalue weighted by Crippen LogP contribution is 2.39. The van der Waals surface area contributed by atoms with Crippen LogP contribution in [0, 0.1) is 20.2 Å². The number of nitro groups is 2. The number of methoxy groups -OCH3 is 1. The first-order chi connectivity index (χ1) is 16.0. The van der Waals surface area contributed by atoms with E-state index in [0.29, 0.717) is 26.4 Å². The third-order valence-corrected chi connectivity index (χ3v) is 3.82. The minimum atomic E-state index is -0.865. The van der Waals surface area contributed by atoms with Crippen molar-refractivity contribution in [2.75, 3.05) is 86.4 Å². The maximum Gasteiger partial charge on any atom is 0.350 e. The SMILES string of the molecule is COCCOCCOCCOc1cc([N+](=O)[O-])c([N+](=O)[O-])cc1OCCOCCOCCO. The van der Waals surface area contributed by atoms with E-state index in [2.05, 4.69) is 0 Å². The maximum absolute atomic E-state index is 11.2. The summed E-state index contributed by atoms with van der Waals surface area (Å²) in [7, 11) is 1.57. The molecule has 0 heterocycles. The predicted molar refractivity (Wildman–Crippen MR) is 113 cm³/mol. The number of hydrogen-bond donors (Lipinski definition) is 1. The number of hydrogen-bond acceptors (Lipinski definition) is 12. The topological polar surface area (TPSA) is 171 Å². The second kappa shape index (κ2) is 17.9. The lowest BCUT2D eigenvalue weighted by Gasteiger charge is -2.13. The minimum absolute atomic E-state index is 0.0145. The van der Waals surface area contributed by atoms with Gasteiger partial charge in [-0.3, -0.25) is 20.2 Å². The Kier molecular flexibility index (Phi) is 15.4. The molecule has 1 aromatic carbocycles. The van der Waals surface area contributed by atoms with Crippen LogP contribution in [0.15, 0.2) is 12.1 Å². The van der Waals surface area contributed by atoms with Crippen molar-refractivity contribution in [1.29, 1.82) is 0 Å². The van der Waals surface area contributed by atoms with Crippen molar-refractivity contribution in [3.05, 3.63) is 32.4 Å². The third kappa shape index (κ3) is 12.3. The molecule has 0 aromatic heterocycles. The highest BCUT2D eigenvalue weighted by atomic mass is 16.6. The Morgan fingerprint density at radius 1 is 0.667 bits per heavy atom. The van der Waals surface area contributed by atoms with Crippen molar-refractivity contribution in [1.82, 2.24) is 0 Å². The van der Waals surface area contributed by atoms with Gasteiger partial charge in [-0.05, 0) is 0 Å². The summed E-state index contributed by atoms with van der Waals surface area (Å²) < 4.78 is 36.8. The maximum atomic E-state index is 11.2. The molecule has 0 aliphatic carbocycles. The average Bonchev–Trinajstić information content (AvgIpc) is 2.79. The van der Waals surface area contributed by atoms with E-state index in [1.54, 1.807) is 7.11 Å². The monoisotopic (exact) mass is 478 g/mol. The summed E-state index contributed by atoms with van der Waals surface area (Å²) in [5.74, 6) is -0.0612. The Balaban J connectivity index is 2.60. The molecule has 0 radical (unpaired) electrons. The summed E-state index contributed by atoms with van der Waals surface area (Å²) in [6, 6.07) is 1.90. The fourth-order valence-corrected chi connectivity index (χ4v) is 2.33. The molecular weight excluding hydrogens is 448 g/mol. The predicted octanol–water partition coefficient (Wildman–Crippen LogP) is 0.966. The first-order valence-corrected chi connectivity index (χ1v) is 10.1. The molecule has 0 saturated carbocycles. The normalized spacial score (nSPS) is 10.8. The van der Waals surface area contributed by atoms with Crippen LogP contribution in [0.25, 0.3) is 0 Å². The largest absolute Gasteiger partial charge is 0.487 e. The first kappa shape index (κ1) is 28.4. The summed E-state index contributed by atoms with van der Waals surface area (Å²) in [5.41, 5.74) is -1.43. The molecule has 0 unspecified atom stereocenters. The Morgan fingerprint density at radius 3 is 1.39 bits per heavy atom. The molecule has 0 atom stereocenters. The smallest absolute Gasteiger partial charge is 0.350 e. The molecule has 1 aromatic rings. The van der Waals surface area contributed by atoms with Crippen LogP contribution in [0.4, 0.5) is 11.4 Å². The number of rotatable bonds is 21. The zero-order valence-corrected chi connectivity index (χ0v) is 18.5. The number of ether oxygens (including phenoxy) is 7.